The van der Waals surface area contributed by atoms with Gasteiger partial charge in [0.1, 0.15) is 5.69 Å². The maximum atomic E-state index is 11.0. The van der Waals surface area contributed by atoms with Crippen LogP contribution in [-0.4, -0.2) is 33.1 Å². The van der Waals surface area contributed by atoms with Crippen molar-refractivity contribution in [2.45, 2.75) is 0 Å². The minimum absolute atomic E-state index is 0.0977. The fourth-order valence-corrected chi connectivity index (χ4v) is 1.35. The highest BCUT2D eigenvalue weighted by Gasteiger charge is 2.14. The second-order valence-electron chi connectivity index (χ2n) is 3.15. The Morgan fingerprint density at radius 1 is 1.24 bits per heavy atom. The smallest absolute Gasteiger partial charge is 0.356 e. The highest BCUT2D eigenvalue weighted by molar-refractivity contribution is 5.92. The van der Waals surface area contributed by atoms with Gasteiger partial charge in [-0.2, -0.15) is 0 Å². The van der Waals surface area contributed by atoms with Crippen LogP contribution in [0.4, 0.5) is 0 Å². The summed E-state index contributed by atoms with van der Waals surface area (Å²) in [5.41, 5.74) is 0.769. The van der Waals surface area contributed by atoms with Crippen LogP contribution in [-0.2, 0) is 0 Å². The van der Waals surface area contributed by atoms with Crippen LogP contribution in [0.3, 0.4) is 0 Å². The molecule has 2 heterocycles. The van der Waals surface area contributed by atoms with Crippen molar-refractivity contribution < 1.29 is 14.6 Å². The number of rotatable bonds is 3. The molecule has 2 aromatic heterocycles. The minimum Gasteiger partial charge on any atom is -0.481 e. The van der Waals surface area contributed by atoms with Gasteiger partial charge in [0.25, 0.3) is 0 Å². The summed E-state index contributed by atoms with van der Waals surface area (Å²) in [6.45, 7) is 0. The Hall–Kier alpha value is -2.50. The van der Waals surface area contributed by atoms with Crippen molar-refractivity contribution in [3.8, 4) is 17.1 Å². The van der Waals surface area contributed by atoms with E-state index in [9.17, 15) is 4.79 Å². The van der Waals surface area contributed by atoms with Crippen molar-refractivity contribution in [1.82, 2.24) is 15.0 Å². The Labute approximate surface area is 96.9 Å². The first-order valence-electron chi connectivity index (χ1n) is 4.77. The number of aromatic nitrogens is 3. The van der Waals surface area contributed by atoms with Crippen LogP contribution < -0.4 is 4.74 Å². The van der Waals surface area contributed by atoms with E-state index < -0.39 is 5.97 Å². The first kappa shape index (κ1) is 11.0. The van der Waals surface area contributed by atoms with Gasteiger partial charge >= 0.3 is 5.97 Å². The van der Waals surface area contributed by atoms with E-state index in [4.69, 9.17) is 9.84 Å². The monoisotopic (exact) mass is 231 g/mol. The average Bonchev–Trinajstić information content (AvgIpc) is 2.39. The molecule has 0 aliphatic heterocycles. The molecule has 6 nitrogen and oxygen atoms in total. The van der Waals surface area contributed by atoms with Gasteiger partial charge in [-0.1, -0.05) is 0 Å². The lowest BCUT2D eigenvalue weighted by Gasteiger charge is -2.04. The lowest BCUT2D eigenvalue weighted by molar-refractivity contribution is 0.0691. The standard InChI is InChI=1S/C11H9N3O3/c1-17-8-3-2-7(6-14-8)9-10(11(15)16)13-5-4-12-9/h2-6H,1H3,(H,15,16). The Morgan fingerprint density at radius 3 is 2.59 bits per heavy atom. The topological polar surface area (TPSA) is 85.2 Å². The summed E-state index contributed by atoms with van der Waals surface area (Å²) >= 11 is 0. The van der Waals surface area contributed by atoms with Crippen molar-refractivity contribution in [1.29, 1.82) is 0 Å². The Morgan fingerprint density at radius 2 is 2.00 bits per heavy atom. The first-order chi connectivity index (χ1) is 8.22. The van der Waals surface area contributed by atoms with Gasteiger partial charge in [0, 0.05) is 30.2 Å². The number of carboxylic acid groups (broad SMARTS) is 1. The van der Waals surface area contributed by atoms with Gasteiger partial charge in [-0.25, -0.2) is 14.8 Å². The highest BCUT2D eigenvalue weighted by Crippen LogP contribution is 2.20. The molecule has 0 aromatic carbocycles. The maximum absolute atomic E-state index is 11.0. The second kappa shape index (κ2) is 4.56. The van der Waals surface area contributed by atoms with E-state index in [1.165, 1.54) is 25.7 Å². The molecule has 0 unspecified atom stereocenters. The molecular weight excluding hydrogens is 222 g/mol. The van der Waals surface area contributed by atoms with Crippen LogP contribution in [0.15, 0.2) is 30.7 Å². The third kappa shape index (κ3) is 2.20. The summed E-state index contributed by atoms with van der Waals surface area (Å²) in [4.78, 5) is 22.7. The number of ether oxygens (including phenoxy) is 1. The molecule has 0 atom stereocenters. The molecule has 6 heteroatoms. The maximum Gasteiger partial charge on any atom is 0.356 e. The quantitative estimate of drug-likeness (QED) is 0.855. The number of hydrogen-bond donors (Lipinski definition) is 1. The van der Waals surface area contributed by atoms with Crippen molar-refractivity contribution in [3.05, 3.63) is 36.4 Å². The van der Waals surface area contributed by atoms with Gasteiger partial charge in [-0.15, -0.1) is 0 Å². The minimum atomic E-state index is -1.12. The largest absolute Gasteiger partial charge is 0.481 e. The van der Waals surface area contributed by atoms with Crippen LogP contribution in [0.25, 0.3) is 11.3 Å². The van der Waals surface area contributed by atoms with Crippen molar-refractivity contribution in [2.24, 2.45) is 0 Å². The van der Waals surface area contributed by atoms with Crippen LogP contribution in [0.1, 0.15) is 10.5 Å². The van der Waals surface area contributed by atoms with Gasteiger partial charge in [-0.3, -0.25) is 4.98 Å². The third-order valence-corrected chi connectivity index (χ3v) is 2.12. The van der Waals surface area contributed by atoms with Gasteiger partial charge in [0.15, 0.2) is 5.69 Å². The van der Waals surface area contributed by atoms with Gasteiger partial charge in [-0.05, 0) is 6.07 Å². The predicted molar refractivity (Wildman–Crippen MR) is 58.8 cm³/mol. The first-order valence-corrected chi connectivity index (χ1v) is 4.77. The van der Waals surface area contributed by atoms with E-state index in [1.54, 1.807) is 12.1 Å². The summed E-state index contributed by atoms with van der Waals surface area (Å²) in [6, 6.07) is 3.32. The van der Waals surface area contributed by atoms with Crippen LogP contribution in [0, 0.1) is 0 Å². The lowest BCUT2D eigenvalue weighted by atomic mass is 10.1. The summed E-state index contributed by atoms with van der Waals surface area (Å²) in [5, 5.41) is 8.98. The summed E-state index contributed by atoms with van der Waals surface area (Å²) in [6.07, 6.45) is 4.27. The van der Waals surface area contributed by atoms with E-state index in [0.717, 1.165) is 0 Å². The Bertz CT molecular complexity index is 540. The van der Waals surface area contributed by atoms with Crippen LogP contribution in [0.2, 0.25) is 0 Å². The van der Waals surface area contributed by atoms with Crippen molar-refractivity contribution in [2.75, 3.05) is 7.11 Å². The van der Waals surface area contributed by atoms with Gasteiger partial charge in [0.05, 0.1) is 7.11 Å². The number of carboxylic acids is 1. The Kier molecular flexibility index (Phi) is 2.95. The molecule has 0 spiro atoms. The zero-order valence-corrected chi connectivity index (χ0v) is 8.99. The molecule has 86 valence electrons. The van der Waals surface area contributed by atoms with Gasteiger partial charge in [0.2, 0.25) is 5.88 Å². The van der Waals surface area contributed by atoms with E-state index in [2.05, 4.69) is 15.0 Å². The zero-order valence-electron chi connectivity index (χ0n) is 8.99. The zero-order chi connectivity index (χ0) is 12.3. The SMILES string of the molecule is COc1ccc(-c2nccnc2C(=O)O)cn1. The van der Waals surface area contributed by atoms with E-state index >= 15 is 0 Å². The molecule has 0 saturated heterocycles. The molecule has 1 N–H and O–H groups in total. The third-order valence-electron chi connectivity index (χ3n) is 2.12. The average molecular weight is 231 g/mol. The predicted octanol–water partition coefficient (Wildman–Crippen LogP) is 1.25. The fraction of sp³-hybridized carbons (Fsp3) is 0.0909. The molecule has 0 aliphatic carbocycles. The molecule has 2 rings (SSSR count). The van der Waals surface area contributed by atoms with Crippen molar-refractivity contribution in [3.63, 3.8) is 0 Å². The number of carbonyl (C=O) groups is 1. The Balaban J connectivity index is 2.48. The molecule has 0 saturated carbocycles. The molecule has 0 aliphatic rings. The van der Waals surface area contributed by atoms with Crippen molar-refractivity contribution >= 4 is 5.97 Å². The number of methoxy groups -OCH3 is 1. The number of pyridine rings is 1. The molecule has 0 amide bonds. The molecule has 2 aromatic rings. The highest BCUT2D eigenvalue weighted by atomic mass is 16.5. The van der Waals surface area contributed by atoms with Crippen LogP contribution >= 0.6 is 0 Å². The molecular formula is C11H9N3O3. The van der Waals surface area contributed by atoms with E-state index in [0.29, 0.717) is 11.4 Å². The number of nitrogens with zero attached hydrogens (tertiary/aromatic N) is 3. The summed E-state index contributed by atoms with van der Waals surface area (Å²) in [7, 11) is 1.51. The number of aromatic carboxylic acids is 1. The molecule has 0 fully saturated rings. The molecule has 0 bridgehead atoms. The summed E-state index contributed by atoms with van der Waals surface area (Å²) in [5.74, 6) is -0.668. The molecule has 17 heavy (non-hydrogen) atoms. The van der Waals surface area contributed by atoms with E-state index in [-0.39, 0.29) is 11.4 Å². The van der Waals surface area contributed by atoms with E-state index in [1.807, 2.05) is 0 Å². The summed E-state index contributed by atoms with van der Waals surface area (Å²) < 4.78 is 4.92. The van der Waals surface area contributed by atoms with Crippen LogP contribution in [0.5, 0.6) is 5.88 Å². The van der Waals surface area contributed by atoms with Gasteiger partial charge < -0.3 is 9.84 Å². The fourth-order valence-electron chi connectivity index (χ4n) is 1.35. The number of hydrogen-bond acceptors (Lipinski definition) is 5. The lowest BCUT2D eigenvalue weighted by Crippen LogP contribution is -2.04. The second-order valence-corrected chi connectivity index (χ2v) is 3.15. The molecule has 0 radical (unpaired) electrons. The normalized spacial score (nSPS) is 9.94.